The van der Waals surface area contributed by atoms with E-state index in [0.29, 0.717) is 64.2 Å². The SMILES string of the molecule is CCC(=O)O[C@@H](C[C@H](OC)[C@@H](C)CC[C@@H](OC(=O)C(C)C)[C@H](C)[C@H](OC)[C@H](C)/C=C/N(C)C=O)C(C)C.CCC(=O)O[C@H](CC)C[C@H](OC)[C@@H](C)CC[C@@H](OC(=O)C(C)C)[C@H](C)[C@H](OC)[C@H](C)/C=C/N(C)C=O.CCC(=O)O[C@H](CC)C[C@H](OC)[C@@H](C)CC[C@@H](OC(=O)[C@@H](C)OC)[C@H](C)[C@H](OC)[C@H](C)/C=C/N(C)C=O.CCCO[C@H](CC)C[C@H](OC)[C@@H](C)CC[C@@H](OC(=O)C(C)C)[C@H](C)[C@H](OC)[C@H](C)/C=C/N(C)C=O. The van der Waals surface area contributed by atoms with E-state index in [2.05, 4.69) is 48.5 Å². The summed E-state index contributed by atoms with van der Waals surface area (Å²) in [6.07, 6.45) is 26.8. The Morgan fingerprint density at radius 2 is 0.497 bits per heavy atom. The van der Waals surface area contributed by atoms with Crippen LogP contribution in [0.1, 0.15) is 316 Å². The number of ether oxygens (including phenoxy) is 17. The maximum Gasteiger partial charge on any atom is 0.335 e. The minimum atomic E-state index is -0.683. The molecule has 145 heavy (non-hydrogen) atoms. The summed E-state index contributed by atoms with van der Waals surface area (Å²) in [5.74, 6) is -1.84. The van der Waals surface area contributed by atoms with Crippen LogP contribution in [0.15, 0.2) is 49.1 Å². The lowest BCUT2D eigenvalue weighted by Gasteiger charge is -2.34. The number of rotatable bonds is 78. The Morgan fingerprint density at radius 3 is 0.697 bits per heavy atom. The van der Waals surface area contributed by atoms with Gasteiger partial charge in [-0.05, 0) is 120 Å². The third-order valence-electron chi connectivity index (χ3n) is 27.7. The molecule has 0 aliphatic heterocycles. The van der Waals surface area contributed by atoms with E-state index in [4.69, 9.17) is 80.5 Å². The van der Waals surface area contributed by atoms with Crippen molar-refractivity contribution in [3.8, 4) is 0 Å². The van der Waals surface area contributed by atoms with E-state index in [1.54, 1.807) is 138 Å². The lowest BCUT2D eigenvalue weighted by Crippen LogP contribution is -2.40. The fraction of sp³-hybridized carbons (Fsp3) is 0.832. The predicted octanol–water partition coefficient (Wildman–Crippen LogP) is 20.1. The van der Waals surface area contributed by atoms with Crippen molar-refractivity contribution >= 4 is 67.4 Å². The highest BCUT2D eigenvalue weighted by Crippen LogP contribution is 2.36. The van der Waals surface area contributed by atoms with Crippen LogP contribution >= 0.6 is 0 Å². The molecule has 0 rings (SSSR count). The average molecular weight is 2070 g/mol. The number of nitrogens with zero attached hydrogens (tertiary/aromatic N) is 4. The van der Waals surface area contributed by atoms with Crippen LogP contribution in [0.25, 0.3) is 0 Å². The first-order chi connectivity index (χ1) is 68.3. The fourth-order valence-corrected chi connectivity index (χ4v) is 17.2. The third kappa shape index (κ3) is 60.4. The number of methoxy groups -OCH3 is 9. The van der Waals surface area contributed by atoms with Gasteiger partial charge in [0.05, 0.1) is 72.7 Å². The largest absolute Gasteiger partial charge is 0.462 e. The van der Waals surface area contributed by atoms with E-state index < -0.39 is 18.2 Å². The third-order valence-corrected chi connectivity index (χ3v) is 27.7. The molecule has 0 aliphatic carbocycles. The highest BCUT2D eigenvalue weighted by Gasteiger charge is 2.40. The zero-order valence-corrected chi connectivity index (χ0v) is 97.8. The van der Waals surface area contributed by atoms with Crippen LogP contribution in [0.3, 0.4) is 0 Å². The highest BCUT2D eigenvalue weighted by atomic mass is 16.6. The minimum Gasteiger partial charge on any atom is -0.462 e. The molecule has 0 saturated heterocycles. The van der Waals surface area contributed by atoms with Crippen molar-refractivity contribution in [2.75, 3.05) is 98.8 Å². The molecule has 0 aromatic carbocycles. The second kappa shape index (κ2) is 83.5. The minimum absolute atomic E-state index is 0.00429. The molecular weight excluding hydrogens is 1860 g/mol. The molecule has 0 heterocycles. The quantitative estimate of drug-likeness (QED) is 0.0310. The summed E-state index contributed by atoms with van der Waals surface area (Å²) in [5, 5.41) is 0. The molecule has 0 aliphatic rings. The normalized spacial score (nSPS) is 17.9. The van der Waals surface area contributed by atoms with Gasteiger partial charge in [-0.1, -0.05) is 211 Å². The Balaban J connectivity index is -0.000000914. The van der Waals surface area contributed by atoms with E-state index in [1.165, 1.54) is 26.7 Å². The number of hydrogen-bond acceptors (Lipinski definition) is 28. The average Bonchev–Trinajstić information content (AvgIpc) is 0.867. The molecule has 0 radical (unpaired) electrons. The van der Waals surface area contributed by atoms with Crippen molar-refractivity contribution in [1.29, 1.82) is 0 Å². The van der Waals surface area contributed by atoms with Gasteiger partial charge in [-0.3, -0.25) is 47.9 Å². The molecule has 0 fully saturated rings. The van der Waals surface area contributed by atoms with Gasteiger partial charge in [0.15, 0.2) is 6.10 Å². The van der Waals surface area contributed by atoms with Crippen molar-refractivity contribution < 1.29 is 133 Å². The van der Waals surface area contributed by atoms with Gasteiger partial charge in [-0.15, -0.1) is 0 Å². The Kier molecular flexibility index (Phi) is 82.9. The Labute approximate surface area is 878 Å². The van der Waals surface area contributed by atoms with Crippen LogP contribution in [-0.4, -0.2) is 290 Å². The number of esters is 7. The van der Waals surface area contributed by atoms with Gasteiger partial charge in [0.2, 0.25) is 25.6 Å². The summed E-state index contributed by atoms with van der Waals surface area (Å²) < 4.78 is 98.4. The van der Waals surface area contributed by atoms with Crippen molar-refractivity contribution in [3.63, 3.8) is 0 Å². The van der Waals surface area contributed by atoms with Crippen molar-refractivity contribution in [2.24, 2.45) is 94.7 Å². The molecule has 29 atom stereocenters. The zero-order valence-electron chi connectivity index (χ0n) is 97.8. The summed E-state index contributed by atoms with van der Waals surface area (Å²) >= 11 is 0. The van der Waals surface area contributed by atoms with Gasteiger partial charge in [-0.2, -0.15) is 0 Å². The molecule has 32 heteroatoms. The van der Waals surface area contributed by atoms with E-state index in [-0.39, 0.29) is 222 Å². The van der Waals surface area contributed by atoms with E-state index in [9.17, 15) is 52.7 Å². The number of carbonyl (C=O) groups excluding carboxylic acids is 11. The Hall–Kier alpha value is -7.27. The number of hydrogen-bond donors (Lipinski definition) is 0. The molecule has 0 bridgehead atoms. The molecule has 0 saturated carbocycles. The predicted molar refractivity (Wildman–Crippen MR) is 570 cm³/mol. The number of amides is 4. The first-order valence-electron chi connectivity index (χ1n) is 53.5. The van der Waals surface area contributed by atoms with Gasteiger partial charge in [0.1, 0.15) is 42.7 Å². The Morgan fingerprint density at radius 1 is 0.262 bits per heavy atom. The second-order valence-electron chi connectivity index (χ2n) is 40.9. The fourth-order valence-electron chi connectivity index (χ4n) is 17.2. The van der Waals surface area contributed by atoms with Gasteiger partial charge < -0.3 is 100 Å². The summed E-state index contributed by atoms with van der Waals surface area (Å²) in [7, 11) is 21.6. The van der Waals surface area contributed by atoms with E-state index >= 15 is 0 Å². The van der Waals surface area contributed by atoms with Crippen molar-refractivity contribution in [1.82, 2.24) is 19.6 Å². The van der Waals surface area contributed by atoms with Crippen molar-refractivity contribution in [2.45, 2.75) is 420 Å². The monoisotopic (exact) mass is 2070 g/mol. The molecule has 0 N–H and O–H groups in total. The van der Waals surface area contributed by atoms with Crippen LogP contribution < -0.4 is 0 Å². The van der Waals surface area contributed by atoms with Gasteiger partial charge in [-0.25, -0.2) is 4.79 Å². The molecule has 4 amide bonds. The molecule has 32 nitrogen and oxygen atoms in total. The van der Waals surface area contributed by atoms with Gasteiger partial charge in [0, 0.05) is 209 Å². The summed E-state index contributed by atoms with van der Waals surface area (Å²) in [5.41, 5.74) is 0. The molecule has 848 valence electrons. The van der Waals surface area contributed by atoms with Gasteiger partial charge >= 0.3 is 41.8 Å². The maximum atomic E-state index is 12.7. The molecule has 0 spiro atoms. The number of carbonyl (C=O) groups is 11. The van der Waals surface area contributed by atoms with Crippen LogP contribution in [0.4, 0.5) is 0 Å². The Bertz CT molecular complexity index is 3530. The molecule has 0 aromatic heterocycles. The molecule has 0 aromatic rings. The van der Waals surface area contributed by atoms with Gasteiger partial charge in [0.25, 0.3) is 0 Å². The first kappa shape index (κ1) is 144. The molecular formula is C113H208N4O28. The van der Waals surface area contributed by atoms with Crippen LogP contribution in [-0.2, 0) is 133 Å². The topological polar surface area (TPSA) is 358 Å². The first-order valence-corrected chi connectivity index (χ1v) is 53.5. The zero-order chi connectivity index (χ0) is 112. The lowest BCUT2D eigenvalue weighted by molar-refractivity contribution is -0.167. The van der Waals surface area contributed by atoms with Crippen molar-refractivity contribution in [3.05, 3.63) is 49.1 Å². The summed E-state index contributed by atoms with van der Waals surface area (Å²) in [4.78, 5) is 135. The highest BCUT2D eigenvalue weighted by molar-refractivity contribution is 5.75. The smallest absolute Gasteiger partial charge is 0.335 e. The maximum absolute atomic E-state index is 12.7. The second-order valence-corrected chi connectivity index (χ2v) is 40.9. The molecule has 0 unspecified atom stereocenters. The summed E-state index contributed by atoms with van der Waals surface area (Å²) in [6.45, 7) is 55.9. The van der Waals surface area contributed by atoms with Crippen LogP contribution in [0.2, 0.25) is 0 Å². The van der Waals surface area contributed by atoms with Crippen LogP contribution in [0.5, 0.6) is 0 Å². The van der Waals surface area contributed by atoms with E-state index in [0.717, 1.165) is 90.0 Å². The lowest BCUT2D eigenvalue weighted by atomic mass is 9.84. The standard InChI is InChI=1S/C29H53NO7.C28H51NO8.C28H51NO7.C28H53NO6/c1-12-27(32)36-25(19(2)3)17-26(34-10)21(6)13-14-24(37-29(33)20(4)5)23(8)28(35-11)22(7)15-16-30(9)18-31;1-11-23(36-26(31)12-2)17-25(34-9)19(3)13-14-24(37-28(32)22(6)33-8)21(5)27(35-10)20(4)15-16-29(7)18-30;1-11-23(35-26(31)12-2)17-25(33-9)20(5)13-14-24(36-28(32)19(3)4)22(7)27(34-10)21(6)15-16-29(8)18-30;1-11-17-34-24(12-2)18-26(32-9)21(5)13-14-25(35-28(31)20(3)4)23(7)27(33-10)22(6)15-16-29(8)19-30/h15-16,18-26,28H,12-14,17H2,1-11H3;15-16,18-25,27H,11-14,17H2,1-10H3;15-16,18-25,27H,11-14,17H2,1-10H3;15-16,19-27H,11-14,17-18H2,1-10H3/b4*16-15+/t21-,22+,23-,24+,25-,26-,28+;19-,20+,21-,22+,23+,24+,25-,27+;20-,21+,22-,23+,24+,25-,27+;21-,22+,23-,24+,25+,26-,27+/m0000/s1. The van der Waals surface area contributed by atoms with Crippen LogP contribution in [0, 0.1) is 94.7 Å². The van der Waals surface area contributed by atoms with E-state index in [1.807, 2.05) is 142 Å². The summed E-state index contributed by atoms with van der Waals surface area (Å²) in [6, 6.07) is 0.